The van der Waals surface area contributed by atoms with Crippen LogP contribution >= 0.6 is 11.3 Å². The lowest BCUT2D eigenvalue weighted by Gasteiger charge is -2.36. The standard InChI is InChI=1S/C19H26N6OS/c1-14-13-17(22-18(20-14)24-9-11-26-12-10-24)23-5-7-25(8-6-23)19-21-15-3-2-4-16(15)27-19/h13H,2-12H2,1H3. The average molecular weight is 387 g/mol. The molecule has 0 unspecified atom stereocenters. The summed E-state index contributed by atoms with van der Waals surface area (Å²) in [6.07, 6.45) is 3.66. The molecule has 2 saturated heterocycles. The van der Waals surface area contributed by atoms with Crippen molar-refractivity contribution in [2.75, 3.05) is 67.2 Å². The Morgan fingerprint density at radius 1 is 0.889 bits per heavy atom. The van der Waals surface area contributed by atoms with Gasteiger partial charge in [0.25, 0.3) is 0 Å². The van der Waals surface area contributed by atoms with Crippen molar-refractivity contribution in [3.05, 3.63) is 22.3 Å². The van der Waals surface area contributed by atoms with Crippen LogP contribution in [0.1, 0.15) is 22.7 Å². The number of nitrogens with zero attached hydrogens (tertiary/aromatic N) is 6. The lowest BCUT2D eigenvalue weighted by molar-refractivity contribution is 0.122. The molecule has 0 amide bonds. The van der Waals surface area contributed by atoms with Gasteiger partial charge in [0.1, 0.15) is 5.82 Å². The van der Waals surface area contributed by atoms with Crippen LogP contribution in [0.3, 0.4) is 0 Å². The highest BCUT2D eigenvalue weighted by molar-refractivity contribution is 7.15. The van der Waals surface area contributed by atoms with Gasteiger partial charge in [0.15, 0.2) is 5.13 Å². The van der Waals surface area contributed by atoms with Crippen LogP contribution in [0.25, 0.3) is 0 Å². The Morgan fingerprint density at radius 2 is 1.67 bits per heavy atom. The van der Waals surface area contributed by atoms with E-state index in [1.807, 2.05) is 11.3 Å². The third-order valence-corrected chi connectivity index (χ3v) is 6.80. The van der Waals surface area contributed by atoms with Crippen molar-refractivity contribution in [1.82, 2.24) is 15.0 Å². The normalized spacial score (nSPS) is 20.3. The van der Waals surface area contributed by atoms with E-state index in [1.54, 1.807) is 0 Å². The summed E-state index contributed by atoms with van der Waals surface area (Å²) in [5, 5.41) is 1.22. The predicted molar refractivity (Wildman–Crippen MR) is 108 cm³/mol. The largest absolute Gasteiger partial charge is 0.378 e. The molecule has 5 rings (SSSR count). The Bertz CT molecular complexity index is 789. The molecule has 0 bridgehead atoms. The quantitative estimate of drug-likeness (QED) is 0.798. The number of aryl methyl sites for hydroxylation is 3. The van der Waals surface area contributed by atoms with Crippen LogP contribution in [0.2, 0.25) is 0 Å². The molecule has 0 atom stereocenters. The maximum absolute atomic E-state index is 5.46. The molecule has 0 radical (unpaired) electrons. The summed E-state index contributed by atoms with van der Waals surface area (Å²) < 4.78 is 5.46. The third-order valence-electron chi connectivity index (χ3n) is 5.58. The average Bonchev–Trinajstić information content (AvgIpc) is 3.31. The second kappa shape index (κ2) is 7.24. The molecule has 0 aromatic carbocycles. The van der Waals surface area contributed by atoms with Crippen LogP contribution < -0.4 is 14.7 Å². The number of fused-ring (bicyclic) bond motifs is 1. The van der Waals surface area contributed by atoms with Crippen LogP contribution in [-0.2, 0) is 17.6 Å². The highest BCUT2D eigenvalue weighted by Crippen LogP contribution is 2.33. The van der Waals surface area contributed by atoms with Gasteiger partial charge in [0.05, 0.1) is 18.9 Å². The summed E-state index contributed by atoms with van der Waals surface area (Å²) in [7, 11) is 0. The number of rotatable bonds is 3. The van der Waals surface area contributed by atoms with Crippen molar-refractivity contribution in [2.24, 2.45) is 0 Å². The molecule has 0 saturated carbocycles. The zero-order chi connectivity index (χ0) is 18.2. The van der Waals surface area contributed by atoms with E-state index in [2.05, 4.69) is 32.7 Å². The number of hydrogen-bond acceptors (Lipinski definition) is 8. The van der Waals surface area contributed by atoms with Crippen molar-refractivity contribution in [1.29, 1.82) is 0 Å². The molecular weight excluding hydrogens is 360 g/mol. The Kier molecular flexibility index (Phi) is 4.61. The number of morpholine rings is 1. The molecule has 1 aliphatic carbocycles. The fourth-order valence-corrected chi connectivity index (χ4v) is 5.24. The SMILES string of the molecule is Cc1cc(N2CCN(c3nc4c(s3)CCC4)CC2)nc(N2CCOCC2)n1. The van der Waals surface area contributed by atoms with Crippen LogP contribution in [0, 0.1) is 6.92 Å². The monoisotopic (exact) mass is 386 g/mol. The smallest absolute Gasteiger partial charge is 0.227 e. The summed E-state index contributed by atoms with van der Waals surface area (Å²) in [4.78, 5) is 23.0. The first-order valence-corrected chi connectivity index (χ1v) is 10.7. The lowest BCUT2D eigenvalue weighted by atomic mass is 10.3. The van der Waals surface area contributed by atoms with Gasteiger partial charge >= 0.3 is 0 Å². The Labute approximate surface area is 164 Å². The maximum atomic E-state index is 5.46. The van der Waals surface area contributed by atoms with E-state index in [0.29, 0.717) is 0 Å². The molecule has 3 aliphatic rings. The molecule has 0 N–H and O–H groups in total. The second-order valence-corrected chi connectivity index (χ2v) is 8.52. The second-order valence-electron chi connectivity index (χ2n) is 7.46. The number of ether oxygens (including phenoxy) is 1. The highest BCUT2D eigenvalue weighted by atomic mass is 32.1. The molecular formula is C19H26N6OS. The van der Waals surface area contributed by atoms with Gasteiger partial charge in [-0.1, -0.05) is 0 Å². The molecule has 144 valence electrons. The van der Waals surface area contributed by atoms with Crippen molar-refractivity contribution >= 4 is 28.2 Å². The van der Waals surface area contributed by atoms with E-state index in [4.69, 9.17) is 14.7 Å². The number of anilines is 3. The van der Waals surface area contributed by atoms with Crippen LogP contribution in [0.15, 0.2) is 6.07 Å². The number of piperazine rings is 1. The van der Waals surface area contributed by atoms with Gasteiger partial charge in [-0.3, -0.25) is 0 Å². The van der Waals surface area contributed by atoms with Crippen molar-refractivity contribution in [2.45, 2.75) is 26.2 Å². The van der Waals surface area contributed by atoms with Gasteiger partial charge in [-0.05, 0) is 26.2 Å². The van der Waals surface area contributed by atoms with Crippen molar-refractivity contribution in [3.8, 4) is 0 Å². The highest BCUT2D eigenvalue weighted by Gasteiger charge is 2.25. The van der Waals surface area contributed by atoms with E-state index < -0.39 is 0 Å². The Hall–Kier alpha value is -1.93. The Balaban J connectivity index is 1.28. The maximum Gasteiger partial charge on any atom is 0.227 e. The zero-order valence-electron chi connectivity index (χ0n) is 15.9. The first-order valence-electron chi connectivity index (χ1n) is 9.93. The summed E-state index contributed by atoms with van der Waals surface area (Å²) in [5.74, 6) is 1.89. The van der Waals surface area contributed by atoms with Crippen LogP contribution in [0.4, 0.5) is 16.9 Å². The zero-order valence-corrected chi connectivity index (χ0v) is 16.7. The Morgan fingerprint density at radius 3 is 2.44 bits per heavy atom. The molecule has 8 heteroatoms. The van der Waals surface area contributed by atoms with Gasteiger partial charge in [-0.2, -0.15) is 4.98 Å². The molecule has 0 spiro atoms. The lowest BCUT2D eigenvalue weighted by Crippen LogP contribution is -2.47. The number of thiazole rings is 1. The summed E-state index contributed by atoms with van der Waals surface area (Å²) >= 11 is 1.90. The summed E-state index contributed by atoms with van der Waals surface area (Å²) in [6, 6.07) is 2.11. The summed E-state index contributed by atoms with van der Waals surface area (Å²) in [6.45, 7) is 9.25. The predicted octanol–water partition coefficient (Wildman–Crippen LogP) is 1.89. The summed E-state index contributed by atoms with van der Waals surface area (Å²) in [5.41, 5.74) is 2.37. The van der Waals surface area contributed by atoms with Gasteiger partial charge in [-0.25, -0.2) is 9.97 Å². The fraction of sp³-hybridized carbons (Fsp3) is 0.632. The van der Waals surface area contributed by atoms with Gasteiger partial charge in [0.2, 0.25) is 5.95 Å². The van der Waals surface area contributed by atoms with Crippen LogP contribution in [-0.4, -0.2) is 67.4 Å². The number of aromatic nitrogens is 3. The number of hydrogen-bond donors (Lipinski definition) is 0. The third kappa shape index (κ3) is 3.48. The molecule has 2 aliphatic heterocycles. The van der Waals surface area contributed by atoms with Crippen molar-refractivity contribution in [3.63, 3.8) is 0 Å². The van der Waals surface area contributed by atoms with Gasteiger partial charge in [-0.15, -0.1) is 11.3 Å². The first kappa shape index (κ1) is 17.2. The van der Waals surface area contributed by atoms with E-state index in [0.717, 1.165) is 76.4 Å². The first-order chi connectivity index (χ1) is 13.3. The molecule has 7 nitrogen and oxygen atoms in total. The van der Waals surface area contributed by atoms with E-state index >= 15 is 0 Å². The van der Waals surface area contributed by atoms with Crippen LogP contribution in [0.5, 0.6) is 0 Å². The minimum Gasteiger partial charge on any atom is -0.378 e. The van der Waals surface area contributed by atoms with Gasteiger partial charge in [0, 0.05) is 55.9 Å². The topological polar surface area (TPSA) is 57.6 Å². The van der Waals surface area contributed by atoms with E-state index in [-0.39, 0.29) is 0 Å². The molecule has 2 fully saturated rings. The minimum absolute atomic E-state index is 0.753. The van der Waals surface area contributed by atoms with E-state index in [9.17, 15) is 0 Å². The van der Waals surface area contributed by atoms with E-state index in [1.165, 1.54) is 28.5 Å². The molecule has 27 heavy (non-hydrogen) atoms. The fourth-order valence-electron chi connectivity index (χ4n) is 4.04. The molecule has 2 aromatic rings. The molecule has 4 heterocycles. The molecule has 2 aromatic heterocycles. The van der Waals surface area contributed by atoms with Gasteiger partial charge < -0.3 is 19.4 Å². The minimum atomic E-state index is 0.753. The van der Waals surface area contributed by atoms with Crippen molar-refractivity contribution < 1.29 is 4.74 Å².